The largest absolute Gasteiger partial charge is 0.395 e. The van der Waals surface area contributed by atoms with Crippen LogP contribution in [0.4, 0.5) is 5.69 Å². The summed E-state index contributed by atoms with van der Waals surface area (Å²) < 4.78 is 0. The molecule has 3 nitrogen and oxygen atoms in total. The Hall–Kier alpha value is -1.06. The molecule has 0 saturated heterocycles. The summed E-state index contributed by atoms with van der Waals surface area (Å²) in [5.74, 6) is 0. The first kappa shape index (κ1) is 10.5. The molecule has 15 heavy (non-hydrogen) atoms. The van der Waals surface area contributed by atoms with Crippen molar-refractivity contribution in [1.82, 2.24) is 5.32 Å². The van der Waals surface area contributed by atoms with Crippen molar-refractivity contribution in [3.05, 3.63) is 29.8 Å². The fourth-order valence-corrected chi connectivity index (χ4v) is 2.28. The van der Waals surface area contributed by atoms with Crippen LogP contribution in [0, 0.1) is 0 Å². The van der Waals surface area contributed by atoms with Gasteiger partial charge in [-0.15, -0.1) is 0 Å². The van der Waals surface area contributed by atoms with Crippen molar-refractivity contribution in [3.63, 3.8) is 0 Å². The number of nitrogens with zero attached hydrogens (tertiary/aromatic N) is 1. The van der Waals surface area contributed by atoms with Crippen LogP contribution in [-0.2, 0) is 0 Å². The highest BCUT2D eigenvalue weighted by Crippen LogP contribution is 2.32. The summed E-state index contributed by atoms with van der Waals surface area (Å²) in [4.78, 5) is 2.25. The van der Waals surface area contributed by atoms with E-state index < -0.39 is 0 Å². The predicted octanol–water partition coefficient (Wildman–Crippen LogP) is 1.15. The van der Waals surface area contributed by atoms with Gasteiger partial charge in [0.15, 0.2) is 0 Å². The zero-order valence-electron chi connectivity index (χ0n) is 9.11. The van der Waals surface area contributed by atoms with Crippen molar-refractivity contribution < 1.29 is 5.11 Å². The van der Waals surface area contributed by atoms with E-state index in [4.69, 9.17) is 5.11 Å². The molecule has 3 heteroatoms. The smallest absolute Gasteiger partial charge is 0.0606 e. The maximum Gasteiger partial charge on any atom is 0.0606 e. The topological polar surface area (TPSA) is 35.5 Å². The molecule has 1 aliphatic heterocycles. The standard InChI is InChI=1S/C12H18N2O/c1-13-11-6-7-14(8-9-15)12-5-3-2-4-10(11)12/h2-5,11,13,15H,6-9H2,1H3. The maximum absolute atomic E-state index is 9.01. The van der Waals surface area contributed by atoms with Crippen LogP contribution >= 0.6 is 0 Å². The lowest BCUT2D eigenvalue weighted by Crippen LogP contribution is -2.36. The average Bonchev–Trinajstić information content (AvgIpc) is 2.30. The lowest BCUT2D eigenvalue weighted by molar-refractivity contribution is 0.299. The summed E-state index contributed by atoms with van der Waals surface area (Å²) >= 11 is 0. The van der Waals surface area contributed by atoms with Crippen molar-refractivity contribution in [2.24, 2.45) is 0 Å². The monoisotopic (exact) mass is 206 g/mol. The number of fused-ring (bicyclic) bond motifs is 1. The van der Waals surface area contributed by atoms with Crippen LogP contribution in [0.15, 0.2) is 24.3 Å². The molecule has 0 aromatic heterocycles. The highest BCUT2D eigenvalue weighted by molar-refractivity contribution is 5.56. The van der Waals surface area contributed by atoms with Crippen LogP contribution < -0.4 is 10.2 Å². The molecule has 0 spiro atoms. The van der Waals surface area contributed by atoms with Crippen LogP contribution in [0.5, 0.6) is 0 Å². The van der Waals surface area contributed by atoms with E-state index >= 15 is 0 Å². The van der Waals surface area contributed by atoms with E-state index in [2.05, 4.69) is 34.5 Å². The molecular formula is C12H18N2O. The van der Waals surface area contributed by atoms with Crippen molar-refractivity contribution in [2.75, 3.05) is 31.6 Å². The van der Waals surface area contributed by atoms with E-state index in [1.165, 1.54) is 11.3 Å². The summed E-state index contributed by atoms with van der Waals surface area (Å²) in [6.07, 6.45) is 1.10. The summed E-state index contributed by atoms with van der Waals surface area (Å²) in [6.45, 7) is 1.97. The van der Waals surface area contributed by atoms with Gasteiger partial charge in [0.2, 0.25) is 0 Å². The molecule has 82 valence electrons. The van der Waals surface area contributed by atoms with Gasteiger partial charge in [-0.3, -0.25) is 0 Å². The maximum atomic E-state index is 9.01. The Kier molecular flexibility index (Phi) is 3.23. The quantitative estimate of drug-likeness (QED) is 0.778. The second kappa shape index (κ2) is 4.64. The van der Waals surface area contributed by atoms with Gasteiger partial charge in [-0.2, -0.15) is 0 Å². The van der Waals surface area contributed by atoms with E-state index in [1.54, 1.807) is 0 Å². The van der Waals surface area contributed by atoms with Gasteiger partial charge in [0, 0.05) is 24.8 Å². The van der Waals surface area contributed by atoms with Crippen molar-refractivity contribution in [1.29, 1.82) is 0 Å². The molecule has 1 aromatic rings. The SMILES string of the molecule is CNC1CCN(CCO)c2ccccc21. The molecule has 2 rings (SSSR count). The van der Waals surface area contributed by atoms with Crippen LogP contribution in [-0.4, -0.2) is 31.9 Å². The Bertz CT molecular complexity index is 327. The van der Waals surface area contributed by atoms with Crippen molar-refractivity contribution in [3.8, 4) is 0 Å². The lowest BCUT2D eigenvalue weighted by Gasteiger charge is -2.35. The molecule has 0 radical (unpaired) electrons. The molecule has 1 heterocycles. The first-order valence-corrected chi connectivity index (χ1v) is 5.49. The Morgan fingerprint density at radius 1 is 1.47 bits per heavy atom. The van der Waals surface area contributed by atoms with E-state index in [0.717, 1.165) is 19.5 Å². The Balaban J connectivity index is 2.30. The fraction of sp³-hybridized carbons (Fsp3) is 0.500. The van der Waals surface area contributed by atoms with E-state index in [9.17, 15) is 0 Å². The molecule has 0 bridgehead atoms. The molecule has 1 aromatic carbocycles. The van der Waals surface area contributed by atoms with Crippen LogP contribution in [0.3, 0.4) is 0 Å². The molecule has 2 N–H and O–H groups in total. The van der Waals surface area contributed by atoms with Gasteiger partial charge in [0.05, 0.1) is 6.61 Å². The number of aliphatic hydroxyl groups excluding tert-OH is 1. The molecule has 1 unspecified atom stereocenters. The number of hydrogen-bond acceptors (Lipinski definition) is 3. The third kappa shape index (κ3) is 1.98. The van der Waals surface area contributed by atoms with Gasteiger partial charge in [0.1, 0.15) is 0 Å². The molecular weight excluding hydrogens is 188 g/mol. The highest BCUT2D eigenvalue weighted by atomic mass is 16.3. The molecule has 0 fully saturated rings. The number of aliphatic hydroxyl groups is 1. The van der Waals surface area contributed by atoms with Crippen molar-refractivity contribution in [2.45, 2.75) is 12.5 Å². The van der Waals surface area contributed by atoms with Crippen LogP contribution in [0.2, 0.25) is 0 Å². The van der Waals surface area contributed by atoms with Crippen LogP contribution in [0.1, 0.15) is 18.0 Å². The zero-order chi connectivity index (χ0) is 10.7. The van der Waals surface area contributed by atoms with Gasteiger partial charge in [-0.25, -0.2) is 0 Å². The first-order valence-electron chi connectivity index (χ1n) is 5.49. The van der Waals surface area contributed by atoms with E-state index in [0.29, 0.717) is 6.04 Å². The number of anilines is 1. The second-order valence-electron chi connectivity index (χ2n) is 3.90. The third-order valence-electron chi connectivity index (χ3n) is 3.06. The summed E-state index contributed by atoms with van der Waals surface area (Å²) in [5.41, 5.74) is 2.61. The van der Waals surface area contributed by atoms with Gasteiger partial charge < -0.3 is 15.3 Å². The average molecular weight is 206 g/mol. The van der Waals surface area contributed by atoms with Gasteiger partial charge >= 0.3 is 0 Å². The van der Waals surface area contributed by atoms with E-state index in [1.807, 2.05) is 7.05 Å². The number of β-amino-alcohol motifs (C(OH)–C–C–N with tert-alkyl or cyclic N) is 1. The number of hydrogen-bond donors (Lipinski definition) is 2. The van der Waals surface area contributed by atoms with E-state index in [-0.39, 0.29) is 6.61 Å². The molecule has 0 amide bonds. The summed E-state index contributed by atoms with van der Waals surface area (Å²) in [5, 5.41) is 12.3. The third-order valence-corrected chi connectivity index (χ3v) is 3.06. The normalized spacial score (nSPS) is 20.1. The minimum Gasteiger partial charge on any atom is -0.395 e. The molecule has 1 atom stereocenters. The van der Waals surface area contributed by atoms with Gasteiger partial charge in [-0.1, -0.05) is 18.2 Å². The lowest BCUT2D eigenvalue weighted by atomic mass is 9.96. The molecule has 0 saturated carbocycles. The number of para-hydroxylation sites is 1. The first-order chi connectivity index (χ1) is 7.36. The Labute approximate surface area is 90.7 Å². The Morgan fingerprint density at radius 3 is 3.00 bits per heavy atom. The minimum absolute atomic E-state index is 0.221. The van der Waals surface area contributed by atoms with Crippen LogP contribution in [0.25, 0.3) is 0 Å². The highest BCUT2D eigenvalue weighted by Gasteiger charge is 2.22. The number of rotatable bonds is 3. The van der Waals surface area contributed by atoms with Gasteiger partial charge in [-0.05, 0) is 25.1 Å². The van der Waals surface area contributed by atoms with Crippen molar-refractivity contribution >= 4 is 5.69 Å². The zero-order valence-corrected chi connectivity index (χ0v) is 9.11. The predicted molar refractivity (Wildman–Crippen MR) is 62.2 cm³/mol. The fourth-order valence-electron chi connectivity index (χ4n) is 2.28. The summed E-state index contributed by atoms with van der Waals surface area (Å²) in [6, 6.07) is 8.89. The minimum atomic E-state index is 0.221. The Morgan fingerprint density at radius 2 is 2.27 bits per heavy atom. The number of benzene rings is 1. The second-order valence-corrected chi connectivity index (χ2v) is 3.90. The molecule has 0 aliphatic carbocycles. The molecule has 1 aliphatic rings. The number of nitrogens with one attached hydrogen (secondary N) is 1. The van der Waals surface area contributed by atoms with Gasteiger partial charge in [0.25, 0.3) is 0 Å². The summed E-state index contributed by atoms with van der Waals surface area (Å²) in [7, 11) is 2.00.